The van der Waals surface area contributed by atoms with E-state index >= 15 is 0 Å². The van der Waals surface area contributed by atoms with Gasteiger partial charge >= 0.3 is 0 Å². The molecule has 0 aromatic carbocycles. The highest BCUT2D eigenvalue weighted by Gasteiger charge is 1.99. The molecule has 0 rings (SSSR count). The lowest BCUT2D eigenvalue weighted by atomic mass is 10.1. The smallest absolute Gasteiger partial charge is 0.135 e. The zero-order valence-electron chi connectivity index (χ0n) is 9.13. The van der Waals surface area contributed by atoms with E-state index in [1.165, 1.54) is 0 Å². The first-order valence-electron chi connectivity index (χ1n) is 4.72. The van der Waals surface area contributed by atoms with E-state index in [9.17, 15) is 4.79 Å². The minimum atomic E-state index is 0.199. The number of rotatable bonds is 6. The highest BCUT2D eigenvalue weighted by molar-refractivity contribution is 6.00. The van der Waals surface area contributed by atoms with Crippen molar-refractivity contribution < 1.29 is 4.79 Å². The van der Waals surface area contributed by atoms with Crippen LogP contribution in [0.25, 0.3) is 0 Å². The summed E-state index contributed by atoms with van der Waals surface area (Å²) in [6, 6.07) is 0. The minimum absolute atomic E-state index is 0.199. The van der Waals surface area contributed by atoms with Crippen molar-refractivity contribution in [2.24, 2.45) is 4.99 Å². The van der Waals surface area contributed by atoms with E-state index in [0.29, 0.717) is 6.42 Å². The molecule has 13 heavy (non-hydrogen) atoms. The van der Waals surface area contributed by atoms with Gasteiger partial charge in [0.15, 0.2) is 0 Å². The summed E-state index contributed by atoms with van der Waals surface area (Å²) in [5, 5.41) is 0. The van der Waals surface area contributed by atoms with Crippen LogP contribution in [0.1, 0.15) is 26.7 Å². The molecule has 0 aliphatic rings. The van der Waals surface area contributed by atoms with Gasteiger partial charge in [-0.05, 0) is 27.4 Å². The topological polar surface area (TPSA) is 32.7 Å². The number of ketones is 1. The molecule has 0 fully saturated rings. The number of likely N-dealkylation sites (N-methyl/N-ethyl adjacent to an activating group) is 1. The zero-order chi connectivity index (χ0) is 10.3. The maximum atomic E-state index is 10.8. The molecular weight excluding hydrogens is 164 g/mol. The highest BCUT2D eigenvalue weighted by atomic mass is 16.1. The molecule has 0 amide bonds. The Hall–Kier alpha value is -0.700. The van der Waals surface area contributed by atoms with Crippen LogP contribution in [0, 0.1) is 0 Å². The molecule has 0 saturated heterocycles. The average molecular weight is 184 g/mol. The van der Waals surface area contributed by atoms with E-state index < -0.39 is 0 Å². The van der Waals surface area contributed by atoms with E-state index in [0.717, 1.165) is 25.2 Å². The van der Waals surface area contributed by atoms with Crippen LogP contribution in [0.3, 0.4) is 0 Å². The van der Waals surface area contributed by atoms with Crippen molar-refractivity contribution in [3.05, 3.63) is 0 Å². The third kappa shape index (κ3) is 7.65. The molecule has 3 nitrogen and oxygen atoms in total. The Balaban J connectivity index is 3.85. The zero-order valence-corrected chi connectivity index (χ0v) is 9.13. The Morgan fingerprint density at radius 3 is 2.38 bits per heavy atom. The van der Waals surface area contributed by atoms with E-state index in [-0.39, 0.29) is 5.78 Å². The quantitative estimate of drug-likeness (QED) is 0.584. The van der Waals surface area contributed by atoms with Crippen LogP contribution in [0.5, 0.6) is 0 Å². The summed E-state index contributed by atoms with van der Waals surface area (Å²) < 4.78 is 0. The first-order valence-corrected chi connectivity index (χ1v) is 4.72. The summed E-state index contributed by atoms with van der Waals surface area (Å²) in [6.45, 7) is 5.39. The van der Waals surface area contributed by atoms with Gasteiger partial charge in [0.25, 0.3) is 0 Å². The fraction of sp³-hybridized carbons (Fsp3) is 0.800. The molecule has 0 bridgehead atoms. The predicted molar refractivity (Wildman–Crippen MR) is 56.4 cm³/mol. The van der Waals surface area contributed by atoms with Crippen LogP contribution >= 0.6 is 0 Å². The second-order valence-corrected chi connectivity index (χ2v) is 3.48. The summed E-state index contributed by atoms with van der Waals surface area (Å²) in [7, 11) is 4.04. The first kappa shape index (κ1) is 12.3. The van der Waals surface area contributed by atoms with Crippen LogP contribution in [0.4, 0.5) is 0 Å². The molecule has 0 heterocycles. The fourth-order valence-electron chi connectivity index (χ4n) is 0.988. The van der Waals surface area contributed by atoms with Gasteiger partial charge in [-0.1, -0.05) is 6.92 Å². The van der Waals surface area contributed by atoms with Crippen molar-refractivity contribution in [2.45, 2.75) is 26.7 Å². The van der Waals surface area contributed by atoms with Gasteiger partial charge in [-0.15, -0.1) is 0 Å². The van der Waals surface area contributed by atoms with Gasteiger partial charge in [-0.3, -0.25) is 9.79 Å². The number of carbonyl (C=O) groups excluding carboxylic acids is 1. The van der Waals surface area contributed by atoms with Crippen LogP contribution in [-0.4, -0.2) is 43.6 Å². The maximum Gasteiger partial charge on any atom is 0.135 e. The van der Waals surface area contributed by atoms with Crippen LogP contribution < -0.4 is 0 Å². The maximum absolute atomic E-state index is 10.8. The fourth-order valence-corrected chi connectivity index (χ4v) is 0.988. The van der Waals surface area contributed by atoms with E-state index in [2.05, 4.69) is 9.89 Å². The molecule has 0 spiro atoms. The van der Waals surface area contributed by atoms with Crippen molar-refractivity contribution in [1.82, 2.24) is 4.90 Å². The van der Waals surface area contributed by atoms with Crippen molar-refractivity contribution >= 4 is 11.5 Å². The lowest BCUT2D eigenvalue weighted by Gasteiger charge is -2.07. The number of hydrogen-bond acceptors (Lipinski definition) is 3. The normalized spacial score (nSPS) is 12.2. The Morgan fingerprint density at radius 1 is 1.38 bits per heavy atom. The van der Waals surface area contributed by atoms with Gasteiger partial charge in [-0.2, -0.15) is 0 Å². The Kier molecular flexibility index (Phi) is 6.41. The summed E-state index contributed by atoms with van der Waals surface area (Å²) >= 11 is 0. The van der Waals surface area contributed by atoms with Gasteiger partial charge in [0.05, 0.1) is 6.54 Å². The number of aliphatic imine (C=N–C) groups is 1. The van der Waals surface area contributed by atoms with E-state index in [4.69, 9.17) is 0 Å². The molecule has 3 heteroatoms. The summed E-state index contributed by atoms with van der Waals surface area (Å²) in [5.41, 5.74) is 1.02. The first-order chi connectivity index (χ1) is 6.06. The molecule has 76 valence electrons. The van der Waals surface area contributed by atoms with Crippen molar-refractivity contribution in [3.63, 3.8) is 0 Å². The van der Waals surface area contributed by atoms with Crippen molar-refractivity contribution in [1.29, 1.82) is 0 Å². The van der Waals surface area contributed by atoms with Gasteiger partial charge in [0.1, 0.15) is 5.78 Å². The monoisotopic (exact) mass is 184 g/mol. The Morgan fingerprint density at radius 2 is 2.00 bits per heavy atom. The van der Waals surface area contributed by atoms with Crippen molar-refractivity contribution in [3.8, 4) is 0 Å². The molecule has 0 atom stereocenters. The number of Topliss-reactive ketones (excluding diaryl/α,β-unsaturated/α-hetero) is 1. The lowest BCUT2D eigenvalue weighted by molar-refractivity contribution is -0.115. The molecule has 0 radical (unpaired) electrons. The van der Waals surface area contributed by atoms with Crippen LogP contribution in [0.2, 0.25) is 0 Å². The second-order valence-electron chi connectivity index (χ2n) is 3.48. The van der Waals surface area contributed by atoms with E-state index in [1.807, 2.05) is 21.0 Å². The Labute approximate surface area is 80.8 Å². The summed E-state index contributed by atoms with van der Waals surface area (Å²) in [4.78, 5) is 17.3. The van der Waals surface area contributed by atoms with Gasteiger partial charge < -0.3 is 4.90 Å². The molecule has 0 aromatic heterocycles. The van der Waals surface area contributed by atoms with Crippen LogP contribution in [-0.2, 0) is 4.79 Å². The van der Waals surface area contributed by atoms with Gasteiger partial charge in [0, 0.05) is 18.7 Å². The molecular formula is C10H20N2O. The van der Waals surface area contributed by atoms with Gasteiger partial charge in [0.2, 0.25) is 0 Å². The molecule has 0 aliphatic carbocycles. The molecule has 0 aliphatic heterocycles. The SMILES string of the molecule is CCC(CC(C)=O)=NCCN(C)C. The third-order valence-electron chi connectivity index (χ3n) is 1.74. The number of carbonyl (C=O) groups is 1. The number of nitrogens with zero attached hydrogens (tertiary/aromatic N) is 2. The lowest BCUT2D eigenvalue weighted by Crippen LogP contribution is -2.16. The molecule has 0 unspecified atom stereocenters. The second kappa shape index (κ2) is 6.78. The number of hydrogen-bond donors (Lipinski definition) is 0. The predicted octanol–water partition coefficient (Wildman–Crippen LogP) is 1.38. The van der Waals surface area contributed by atoms with Gasteiger partial charge in [-0.25, -0.2) is 0 Å². The van der Waals surface area contributed by atoms with Crippen molar-refractivity contribution in [2.75, 3.05) is 27.2 Å². The molecule has 0 N–H and O–H groups in total. The minimum Gasteiger partial charge on any atom is -0.308 e. The molecule has 0 aromatic rings. The highest BCUT2D eigenvalue weighted by Crippen LogP contribution is 1.94. The van der Waals surface area contributed by atoms with Crippen LogP contribution in [0.15, 0.2) is 4.99 Å². The Bertz CT molecular complexity index is 185. The summed E-state index contributed by atoms with van der Waals surface area (Å²) in [5.74, 6) is 0.199. The van der Waals surface area contributed by atoms with E-state index in [1.54, 1.807) is 6.92 Å². The third-order valence-corrected chi connectivity index (χ3v) is 1.74. The standard InChI is InChI=1S/C10H20N2O/c1-5-10(8-9(2)13)11-6-7-12(3)4/h5-8H2,1-4H3. The largest absolute Gasteiger partial charge is 0.308 e. The average Bonchev–Trinajstić information content (AvgIpc) is 2.01. The summed E-state index contributed by atoms with van der Waals surface area (Å²) in [6.07, 6.45) is 1.40. The molecule has 0 saturated carbocycles.